The molecule has 4 nitrogen and oxygen atoms in total. The predicted molar refractivity (Wildman–Crippen MR) is 37.0 cm³/mol. The van der Waals surface area contributed by atoms with Crippen molar-refractivity contribution in [2.24, 2.45) is 5.84 Å². The van der Waals surface area contributed by atoms with E-state index >= 15 is 0 Å². The average Bonchev–Trinajstić information content (AvgIpc) is 2.05. The van der Waals surface area contributed by atoms with E-state index in [4.69, 9.17) is 5.84 Å². The third-order valence-corrected chi connectivity index (χ3v) is 1.07. The maximum Gasteiger partial charge on any atom is 1.00 e. The number of hydrazine groups is 1. The summed E-state index contributed by atoms with van der Waals surface area (Å²) in [6.45, 7) is 0. The number of aromatic nitrogens is 1. The van der Waals surface area contributed by atoms with E-state index < -0.39 is 0 Å². The van der Waals surface area contributed by atoms with Gasteiger partial charge in [0.1, 0.15) is 0 Å². The number of rotatable bonds is 1. The number of carbonyl (C=O) groups is 1. The standard InChI is InChI=1S/C6H7N3O.Na.H/c7-9-6(10)5-1-3-8-4-2-5;;/h1-4H,7H2,(H,9,10);;/q;+1;-1. The summed E-state index contributed by atoms with van der Waals surface area (Å²) in [7, 11) is 0. The van der Waals surface area contributed by atoms with Crippen molar-refractivity contribution in [2.75, 3.05) is 0 Å². The zero-order valence-electron chi connectivity index (χ0n) is 7.24. The van der Waals surface area contributed by atoms with E-state index in [1.807, 2.05) is 5.43 Å². The van der Waals surface area contributed by atoms with Gasteiger partial charge in [-0.25, -0.2) is 5.84 Å². The van der Waals surface area contributed by atoms with Gasteiger partial charge < -0.3 is 1.43 Å². The Morgan fingerprint density at radius 3 is 2.55 bits per heavy atom. The van der Waals surface area contributed by atoms with Gasteiger partial charge in [0.05, 0.1) is 0 Å². The molecular weight excluding hydrogens is 153 g/mol. The molecule has 1 aromatic rings. The number of carbonyl (C=O) groups excluding carboxylic acids is 1. The summed E-state index contributed by atoms with van der Waals surface area (Å²) in [6, 6.07) is 3.17. The van der Waals surface area contributed by atoms with Crippen LogP contribution in [0.15, 0.2) is 24.5 Å². The van der Waals surface area contributed by atoms with E-state index in [1.54, 1.807) is 12.1 Å². The second-order valence-corrected chi connectivity index (χ2v) is 1.71. The Morgan fingerprint density at radius 1 is 1.55 bits per heavy atom. The minimum absolute atomic E-state index is 0. The number of amides is 1. The number of nitrogens with zero attached hydrogens (tertiary/aromatic N) is 1. The van der Waals surface area contributed by atoms with Crippen LogP contribution >= 0.6 is 0 Å². The molecule has 0 aliphatic rings. The van der Waals surface area contributed by atoms with Crippen molar-refractivity contribution in [3.8, 4) is 0 Å². The van der Waals surface area contributed by atoms with Crippen molar-refractivity contribution in [3.05, 3.63) is 30.1 Å². The molecular formula is C6H8N3NaO. The molecule has 0 aliphatic carbocycles. The Balaban J connectivity index is 0. The Hall–Kier alpha value is -0.420. The first-order valence-electron chi connectivity index (χ1n) is 2.75. The van der Waals surface area contributed by atoms with Gasteiger partial charge in [-0.2, -0.15) is 0 Å². The van der Waals surface area contributed by atoms with Gasteiger partial charge in [0, 0.05) is 18.0 Å². The fourth-order valence-electron chi connectivity index (χ4n) is 0.587. The molecule has 0 aromatic carbocycles. The van der Waals surface area contributed by atoms with E-state index in [1.165, 1.54) is 12.4 Å². The smallest absolute Gasteiger partial charge is 1.00 e. The first kappa shape index (κ1) is 10.6. The van der Waals surface area contributed by atoms with Crippen LogP contribution in [-0.4, -0.2) is 10.9 Å². The maximum atomic E-state index is 10.7. The van der Waals surface area contributed by atoms with Gasteiger partial charge >= 0.3 is 29.6 Å². The van der Waals surface area contributed by atoms with E-state index in [0.29, 0.717) is 5.56 Å². The second-order valence-electron chi connectivity index (χ2n) is 1.71. The van der Waals surface area contributed by atoms with E-state index in [0.717, 1.165) is 0 Å². The van der Waals surface area contributed by atoms with Crippen LogP contribution in [0.25, 0.3) is 0 Å². The summed E-state index contributed by atoms with van der Waals surface area (Å²) in [4.78, 5) is 14.5. The van der Waals surface area contributed by atoms with Gasteiger partial charge in [-0.05, 0) is 12.1 Å². The predicted octanol–water partition coefficient (Wildman–Crippen LogP) is -3.20. The molecule has 0 saturated carbocycles. The number of pyridine rings is 1. The molecule has 0 atom stereocenters. The third-order valence-electron chi connectivity index (χ3n) is 1.07. The van der Waals surface area contributed by atoms with Crippen molar-refractivity contribution in [1.29, 1.82) is 0 Å². The zero-order chi connectivity index (χ0) is 7.40. The summed E-state index contributed by atoms with van der Waals surface area (Å²) in [5.74, 6) is 4.58. The zero-order valence-corrected chi connectivity index (χ0v) is 8.24. The van der Waals surface area contributed by atoms with Crippen molar-refractivity contribution >= 4 is 5.91 Å². The Morgan fingerprint density at radius 2 is 2.09 bits per heavy atom. The Labute approximate surface area is 87.9 Å². The molecule has 1 rings (SSSR count). The molecule has 0 bridgehead atoms. The number of hydrogen-bond donors (Lipinski definition) is 2. The number of hydrogen-bond acceptors (Lipinski definition) is 3. The third kappa shape index (κ3) is 2.98. The SMILES string of the molecule is NNC(=O)c1ccncc1.[H-].[Na+]. The van der Waals surface area contributed by atoms with Crippen LogP contribution in [0, 0.1) is 0 Å². The summed E-state index contributed by atoms with van der Waals surface area (Å²) in [5.41, 5.74) is 2.53. The van der Waals surface area contributed by atoms with Crippen molar-refractivity contribution < 1.29 is 35.8 Å². The van der Waals surface area contributed by atoms with Gasteiger partial charge in [0.25, 0.3) is 5.91 Å². The molecule has 0 spiro atoms. The Kier molecular flexibility index (Phi) is 5.06. The minimum atomic E-state index is -0.303. The minimum Gasteiger partial charge on any atom is -1.00 e. The van der Waals surface area contributed by atoms with E-state index in [2.05, 4.69) is 4.98 Å². The normalized spacial score (nSPS) is 8.09. The molecule has 54 valence electrons. The molecule has 0 fully saturated rings. The van der Waals surface area contributed by atoms with Gasteiger partial charge in [-0.1, -0.05) is 0 Å². The first-order valence-corrected chi connectivity index (χ1v) is 2.75. The van der Waals surface area contributed by atoms with Gasteiger partial charge in [-0.3, -0.25) is 15.2 Å². The van der Waals surface area contributed by atoms with Crippen LogP contribution < -0.4 is 40.8 Å². The van der Waals surface area contributed by atoms with Crippen LogP contribution in [0.2, 0.25) is 0 Å². The number of nitrogens with one attached hydrogen (secondary N) is 1. The van der Waals surface area contributed by atoms with Crippen LogP contribution in [0.3, 0.4) is 0 Å². The molecule has 0 saturated heterocycles. The van der Waals surface area contributed by atoms with Gasteiger partial charge in [-0.15, -0.1) is 0 Å². The summed E-state index contributed by atoms with van der Waals surface area (Å²) in [5, 5.41) is 0. The summed E-state index contributed by atoms with van der Waals surface area (Å²) < 4.78 is 0. The fourth-order valence-corrected chi connectivity index (χ4v) is 0.587. The van der Waals surface area contributed by atoms with Crippen LogP contribution in [0.4, 0.5) is 0 Å². The first-order chi connectivity index (χ1) is 4.84. The molecule has 1 heterocycles. The average molecular weight is 161 g/mol. The number of nitrogens with two attached hydrogens (primary N) is 1. The molecule has 0 radical (unpaired) electrons. The fraction of sp³-hybridized carbons (Fsp3) is 0. The van der Waals surface area contributed by atoms with Crippen molar-refractivity contribution in [1.82, 2.24) is 10.4 Å². The van der Waals surface area contributed by atoms with Crippen LogP contribution in [0.1, 0.15) is 11.8 Å². The molecule has 0 unspecified atom stereocenters. The molecule has 0 aliphatic heterocycles. The molecule has 3 N–H and O–H groups in total. The molecule has 1 aromatic heterocycles. The monoisotopic (exact) mass is 161 g/mol. The molecule has 5 heteroatoms. The van der Waals surface area contributed by atoms with E-state index in [-0.39, 0.29) is 36.9 Å². The quantitative estimate of drug-likeness (QED) is 0.197. The van der Waals surface area contributed by atoms with E-state index in [9.17, 15) is 4.79 Å². The number of nitrogen functional groups attached to an aromatic ring is 1. The van der Waals surface area contributed by atoms with Gasteiger partial charge in [0.2, 0.25) is 0 Å². The topological polar surface area (TPSA) is 68.0 Å². The van der Waals surface area contributed by atoms with Crippen molar-refractivity contribution in [3.63, 3.8) is 0 Å². The molecule has 11 heavy (non-hydrogen) atoms. The summed E-state index contributed by atoms with van der Waals surface area (Å²) in [6.07, 6.45) is 3.06. The van der Waals surface area contributed by atoms with Crippen LogP contribution in [0.5, 0.6) is 0 Å². The molecule has 1 amide bonds. The largest absolute Gasteiger partial charge is 1.00 e. The maximum absolute atomic E-state index is 10.7. The summed E-state index contributed by atoms with van der Waals surface area (Å²) >= 11 is 0. The second kappa shape index (κ2) is 5.26. The van der Waals surface area contributed by atoms with Gasteiger partial charge in [0.15, 0.2) is 0 Å². The van der Waals surface area contributed by atoms with Crippen LogP contribution in [-0.2, 0) is 0 Å². The Bertz CT molecular complexity index is 231. The van der Waals surface area contributed by atoms with Crippen molar-refractivity contribution in [2.45, 2.75) is 0 Å².